The topological polar surface area (TPSA) is 35.5 Å². The lowest BCUT2D eigenvalue weighted by Crippen LogP contribution is -2.32. The van der Waals surface area contributed by atoms with Gasteiger partial charge in [-0.25, -0.2) is 0 Å². The van der Waals surface area contributed by atoms with Crippen molar-refractivity contribution in [3.05, 3.63) is 49.1 Å². The van der Waals surface area contributed by atoms with Crippen molar-refractivity contribution in [2.45, 2.75) is 51.6 Å². The number of allylic oxidation sites excluding steroid dienone is 3. The number of Topliss-reactive ketones (excluding diaryl/α,β-unsaturated/α-hetero) is 1. The molecule has 0 aromatic heterocycles. The first kappa shape index (κ1) is 16.6. The molecule has 0 radical (unpaired) electrons. The number of carbonyl (C=O) groups excluding carboxylic acids is 1. The maximum absolute atomic E-state index is 12.2. The van der Waals surface area contributed by atoms with Gasteiger partial charge in [-0.05, 0) is 37.0 Å². The van der Waals surface area contributed by atoms with Gasteiger partial charge in [-0.1, -0.05) is 45.7 Å². The summed E-state index contributed by atoms with van der Waals surface area (Å²) < 4.78 is 11.9. The first-order chi connectivity index (χ1) is 9.42. The van der Waals surface area contributed by atoms with E-state index < -0.39 is 18.0 Å². The molecule has 0 bridgehead atoms. The van der Waals surface area contributed by atoms with E-state index in [1.54, 1.807) is 19.1 Å². The molecule has 0 unspecified atom stereocenters. The second-order valence-electron chi connectivity index (χ2n) is 4.96. The average molecular weight is 276 g/mol. The predicted octanol–water partition coefficient (Wildman–Crippen LogP) is 3.73. The molecule has 0 spiro atoms. The van der Waals surface area contributed by atoms with Crippen molar-refractivity contribution in [2.75, 3.05) is 0 Å². The molecule has 2 atom stereocenters. The largest absolute Gasteiger partial charge is 0.339 e. The molecule has 1 aliphatic rings. The smallest absolute Gasteiger partial charge is 0.189 e. The molecular weight excluding hydrogens is 252 g/mol. The van der Waals surface area contributed by atoms with Gasteiger partial charge in [-0.3, -0.25) is 4.79 Å². The van der Waals surface area contributed by atoms with Gasteiger partial charge in [-0.15, -0.1) is 0 Å². The van der Waals surface area contributed by atoms with Crippen LogP contribution in [0.4, 0.5) is 0 Å². The quantitative estimate of drug-likeness (QED) is 0.525. The van der Waals surface area contributed by atoms with Gasteiger partial charge < -0.3 is 9.47 Å². The first-order valence-corrected chi connectivity index (χ1v) is 6.95. The molecule has 1 aliphatic heterocycles. The second kappa shape index (κ2) is 6.82. The number of rotatable bonds is 7. The SMILES string of the molecule is C=CC(C=C)=C[C@@H]1OC(CC)(CC)O[C@@H]1C(=O)C(=C)C. The van der Waals surface area contributed by atoms with Crippen molar-refractivity contribution in [1.82, 2.24) is 0 Å². The molecule has 0 aromatic rings. The Morgan fingerprint density at radius 2 is 1.75 bits per heavy atom. The molecule has 0 N–H and O–H groups in total. The van der Waals surface area contributed by atoms with Crippen molar-refractivity contribution in [1.29, 1.82) is 0 Å². The number of hydrogen-bond donors (Lipinski definition) is 0. The molecule has 1 saturated heterocycles. The van der Waals surface area contributed by atoms with Crippen LogP contribution in [0, 0.1) is 0 Å². The lowest BCUT2D eigenvalue weighted by atomic mass is 10.0. The molecule has 0 amide bonds. The van der Waals surface area contributed by atoms with E-state index in [1.807, 2.05) is 19.9 Å². The maximum Gasteiger partial charge on any atom is 0.189 e. The van der Waals surface area contributed by atoms with E-state index in [-0.39, 0.29) is 5.78 Å². The summed E-state index contributed by atoms with van der Waals surface area (Å²) in [6.45, 7) is 16.8. The number of hydrogen-bond acceptors (Lipinski definition) is 3. The predicted molar refractivity (Wildman–Crippen MR) is 81.4 cm³/mol. The molecule has 0 saturated carbocycles. The van der Waals surface area contributed by atoms with Crippen LogP contribution in [0.2, 0.25) is 0 Å². The summed E-state index contributed by atoms with van der Waals surface area (Å²) in [4.78, 5) is 12.2. The third-order valence-corrected chi connectivity index (χ3v) is 3.58. The van der Waals surface area contributed by atoms with E-state index in [2.05, 4.69) is 19.7 Å². The van der Waals surface area contributed by atoms with Crippen LogP contribution in [0.15, 0.2) is 49.1 Å². The minimum absolute atomic E-state index is 0.123. The summed E-state index contributed by atoms with van der Waals surface area (Å²) in [6, 6.07) is 0. The highest BCUT2D eigenvalue weighted by Crippen LogP contribution is 2.36. The summed E-state index contributed by atoms with van der Waals surface area (Å²) in [7, 11) is 0. The van der Waals surface area contributed by atoms with E-state index in [4.69, 9.17) is 9.47 Å². The number of ether oxygens (including phenoxy) is 2. The minimum atomic E-state index is -0.704. The lowest BCUT2D eigenvalue weighted by molar-refractivity contribution is -0.178. The molecule has 3 nitrogen and oxygen atoms in total. The molecular formula is C17H24O3. The van der Waals surface area contributed by atoms with Crippen LogP contribution in [0.25, 0.3) is 0 Å². The maximum atomic E-state index is 12.2. The zero-order valence-corrected chi connectivity index (χ0v) is 12.6. The highest BCUT2D eigenvalue weighted by atomic mass is 16.8. The highest BCUT2D eigenvalue weighted by molar-refractivity contribution is 5.98. The molecule has 1 fully saturated rings. The summed E-state index contributed by atoms with van der Waals surface area (Å²) in [5.41, 5.74) is 1.29. The second-order valence-corrected chi connectivity index (χ2v) is 4.96. The van der Waals surface area contributed by atoms with Gasteiger partial charge in [0.1, 0.15) is 6.10 Å². The molecule has 20 heavy (non-hydrogen) atoms. The fourth-order valence-corrected chi connectivity index (χ4v) is 2.20. The Balaban J connectivity index is 3.13. The Morgan fingerprint density at radius 1 is 1.20 bits per heavy atom. The average Bonchev–Trinajstić information content (AvgIpc) is 2.83. The van der Waals surface area contributed by atoms with Gasteiger partial charge in [0.2, 0.25) is 0 Å². The molecule has 110 valence electrons. The monoisotopic (exact) mass is 276 g/mol. The normalized spacial score (nSPS) is 23.9. The van der Waals surface area contributed by atoms with Crippen molar-refractivity contribution in [3.8, 4) is 0 Å². The summed E-state index contributed by atoms with van der Waals surface area (Å²) >= 11 is 0. The highest BCUT2D eigenvalue weighted by Gasteiger charge is 2.47. The number of ketones is 1. The van der Waals surface area contributed by atoms with Gasteiger partial charge in [0.15, 0.2) is 17.7 Å². The van der Waals surface area contributed by atoms with Crippen molar-refractivity contribution in [2.24, 2.45) is 0 Å². The Hall–Kier alpha value is -1.45. The van der Waals surface area contributed by atoms with E-state index in [0.29, 0.717) is 18.4 Å². The fraction of sp³-hybridized carbons (Fsp3) is 0.471. The van der Waals surface area contributed by atoms with Gasteiger partial charge in [-0.2, -0.15) is 0 Å². The molecule has 1 rings (SSSR count). The van der Waals surface area contributed by atoms with E-state index in [1.165, 1.54) is 0 Å². The molecule has 0 aliphatic carbocycles. The third kappa shape index (κ3) is 3.35. The van der Waals surface area contributed by atoms with Crippen LogP contribution >= 0.6 is 0 Å². The van der Waals surface area contributed by atoms with Crippen LogP contribution in [0.3, 0.4) is 0 Å². The molecule has 3 heteroatoms. The van der Waals surface area contributed by atoms with Gasteiger partial charge in [0.05, 0.1) is 0 Å². The Kier molecular flexibility index (Phi) is 5.66. The van der Waals surface area contributed by atoms with Crippen LogP contribution in [-0.4, -0.2) is 23.8 Å². The van der Waals surface area contributed by atoms with Crippen LogP contribution in [0.1, 0.15) is 33.6 Å². The van der Waals surface area contributed by atoms with Crippen LogP contribution in [-0.2, 0) is 14.3 Å². The Bertz CT molecular complexity index is 431. The van der Waals surface area contributed by atoms with Gasteiger partial charge >= 0.3 is 0 Å². The van der Waals surface area contributed by atoms with Gasteiger partial charge in [0.25, 0.3) is 0 Å². The van der Waals surface area contributed by atoms with E-state index in [9.17, 15) is 4.79 Å². The summed E-state index contributed by atoms with van der Waals surface area (Å²) in [5, 5.41) is 0. The van der Waals surface area contributed by atoms with E-state index in [0.717, 1.165) is 5.57 Å². The van der Waals surface area contributed by atoms with Crippen LogP contribution < -0.4 is 0 Å². The zero-order chi connectivity index (χ0) is 15.3. The minimum Gasteiger partial charge on any atom is -0.339 e. The lowest BCUT2D eigenvalue weighted by Gasteiger charge is -2.24. The van der Waals surface area contributed by atoms with Crippen molar-refractivity contribution < 1.29 is 14.3 Å². The van der Waals surface area contributed by atoms with Crippen molar-refractivity contribution in [3.63, 3.8) is 0 Å². The Morgan fingerprint density at radius 3 is 2.15 bits per heavy atom. The zero-order valence-electron chi connectivity index (χ0n) is 12.6. The number of carbonyl (C=O) groups is 1. The summed E-state index contributed by atoms with van der Waals surface area (Å²) in [6.07, 6.45) is 5.47. The molecule has 0 aromatic carbocycles. The van der Waals surface area contributed by atoms with Crippen molar-refractivity contribution >= 4 is 5.78 Å². The Labute approximate surface area is 121 Å². The van der Waals surface area contributed by atoms with E-state index >= 15 is 0 Å². The molecule has 1 heterocycles. The van der Waals surface area contributed by atoms with Gasteiger partial charge in [0, 0.05) is 0 Å². The summed E-state index contributed by atoms with van der Waals surface area (Å²) in [5.74, 6) is -0.827. The standard InChI is InChI=1S/C17H24O3/c1-7-13(8-2)11-14-16(15(18)12(5)6)20-17(9-3,10-4)19-14/h7-8,11,14,16H,1-2,5,9-10H2,3-4,6H3/t14-,16-/m0/s1. The fourth-order valence-electron chi connectivity index (χ4n) is 2.20. The first-order valence-electron chi connectivity index (χ1n) is 6.95. The van der Waals surface area contributed by atoms with Crippen LogP contribution in [0.5, 0.6) is 0 Å². The third-order valence-electron chi connectivity index (χ3n) is 3.58.